The Bertz CT molecular complexity index is 1280. The van der Waals surface area contributed by atoms with Gasteiger partial charge in [-0.05, 0) is 68.3 Å². The minimum atomic E-state index is -0.624. The van der Waals surface area contributed by atoms with Crippen LogP contribution in [0.4, 0.5) is 4.39 Å². The van der Waals surface area contributed by atoms with E-state index in [1.165, 1.54) is 14.2 Å². The molecule has 214 valence electrons. The Balaban J connectivity index is 0.00000216. The zero-order chi connectivity index (χ0) is 29.1. The van der Waals surface area contributed by atoms with Gasteiger partial charge in [0.2, 0.25) is 5.88 Å². The fourth-order valence-corrected chi connectivity index (χ4v) is 4.75. The van der Waals surface area contributed by atoms with Crippen LogP contribution in [-0.2, 0) is 0 Å². The van der Waals surface area contributed by atoms with Crippen molar-refractivity contribution in [2.75, 3.05) is 20.5 Å². The van der Waals surface area contributed by atoms with E-state index < -0.39 is 11.7 Å². The number of rotatable bonds is 9. The van der Waals surface area contributed by atoms with E-state index in [2.05, 4.69) is 15.6 Å². The third kappa shape index (κ3) is 8.35. The van der Waals surface area contributed by atoms with Crippen LogP contribution in [0, 0.1) is 5.82 Å². The lowest BCUT2D eigenvalue weighted by atomic mass is 9.90. The molecule has 2 aromatic carbocycles. The van der Waals surface area contributed by atoms with Crippen molar-refractivity contribution < 1.29 is 28.2 Å². The smallest absolute Gasteiger partial charge is 0.257 e. The summed E-state index contributed by atoms with van der Waals surface area (Å²) < 4.78 is 30.3. The molecule has 0 bridgehead atoms. The van der Waals surface area contributed by atoms with Crippen molar-refractivity contribution in [1.29, 1.82) is 0 Å². The van der Waals surface area contributed by atoms with Gasteiger partial charge in [0.15, 0.2) is 0 Å². The van der Waals surface area contributed by atoms with Gasteiger partial charge in [-0.25, -0.2) is 9.37 Å². The zero-order valence-electron chi connectivity index (χ0n) is 23.5. The average Bonchev–Trinajstić information content (AvgIpc) is 2.99. The summed E-state index contributed by atoms with van der Waals surface area (Å²) in [7, 11) is 3.06. The molecular formula is C30H36FN3O5S. The standard InChI is InChI=1S/C28H30FN3O5S.C2H6/c1-35-22-11-17(12-23(14-22)36-2)26(33)31-19-7-9-20(10-8-19)32-27(34)25-13-18(29)16-30-28(25)37-21-5-4-6-24(15-21)38-3;1-2/h4-6,11-16,19-20H,7-10H2,1-3H3,(H,31,33)(H,32,34);1-2H3. The van der Waals surface area contributed by atoms with E-state index >= 15 is 0 Å². The quantitative estimate of drug-likeness (QED) is 0.294. The normalized spacial score (nSPS) is 16.1. The van der Waals surface area contributed by atoms with E-state index in [4.69, 9.17) is 14.2 Å². The first kappa shape index (κ1) is 30.7. The lowest BCUT2D eigenvalue weighted by molar-refractivity contribution is 0.0889. The van der Waals surface area contributed by atoms with Crippen LogP contribution in [0.5, 0.6) is 23.1 Å². The molecule has 3 aromatic rings. The second kappa shape index (κ2) is 15.1. The van der Waals surface area contributed by atoms with Crippen molar-refractivity contribution >= 4 is 23.6 Å². The van der Waals surface area contributed by atoms with Gasteiger partial charge in [-0.2, -0.15) is 0 Å². The molecule has 2 N–H and O–H groups in total. The summed E-state index contributed by atoms with van der Waals surface area (Å²) in [6, 6.07) is 13.4. The molecule has 0 atom stereocenters. The largest absolute Gasteiger partial charge is 0.497 e. The van der Waals surface area contributed by atoms with Crippen molar-refractivity contribution in [1.82, 2.24) is 15.6 Å². The van der Waals surface area contributed by atoms with Gasteiger partial charge < -0.3 is 24.8 Å². The Morgan fingerprint density at radius 3 is 2.05 bits per heavy atom. The zero-order valence-corrected chi connectivity index (χ0v) is 24.3. The topological polar surface area (TPSA) is 98.8 Å². The molecule has 1 aliphatic carbocycles. The molecule has 0 radical (unpaired) electrons. The number of hydrogen-bond acceptors (Lipinski definition) is 7. The number of benzene rings is 2. The number of carbonyl (C=O) groups excluding carboxylic acids is 2. The molecule has 1 saturated carbocycles. The Morgan fingerprint density at radius 1 is 0.875 bits per heavy atom. The number of nitrogens with one attached hydrogen (secondary N) is 2. The van der Waals surface area contributed by atoms with Crippen molar-refractivity contribution in [3.63, 3.8) is 0 Å². The van der Waals surface area contributed by atoms with E-state index in [1.54, 1.807) is 36.0 Å². The van der Waals surface area contributed by atoms with Gasteiger partial charge in [0.1, 0.15) is 28.6 Å². The third-order valence-electron chi connectivity index (χ3n) is 6.33. The summed E-state index contributed by atoms with van der Waals surface area (Å²) in [5.41, 5.74) is 0.479. The van der Waals surface area contributed by atoms with Crippen molar-refractivity contribution in [3.05, 3.63) is 71.7 Å². The lowest BCUT2D eigenvalue weighted by Gasteiger charge is -2.29. The summed E-state index contributed by atoms with van der Waals surface area (Å²) in [4.78, 5) is 30.9. The van der Waals surface area contributed by atoms with E-state index in [9.17, 15) is 14.0 Å². The maximum atomic E-state index is 14.0. The summed E-state index contributed by atoms with van der Waals surface area (Å²) in [6.07, 6.45) is 5.66. The first-order valence-corrected chi connectivity index (χ1v) is 14.4. The first-order valence-electron chi connectivity index (χ1n) is 13.2. The molecule has 0 saturated heterocycles. The first-order chi connectivity index (χ1) is 19.4. The van der Waals surface area contributed by atoms with E-state index in [0.29, 0.717) is 48.5 Å². The Kier molecular flexibility index (Phi) is 11.6. The Labute approximate surface area is 239 Å². The molecule has 10 heteroatoms. The number of halogens is 1. The molecule has 2 amide bonds. The van der Waals surface area contributed by atoms with Gasteiger partial charge in [-0.15, -0.1) is 11.8 Å². The van der Waals surface area contributed by atoms with Gasteiger partial charge in [-0.3, -0.25) is 9.59 Å². The number of amides is 2. The molecule has 8 nitrogen and oxygen atoms in total. The fraction of sp³-hybridized carbons (Fsp3) is 0.367. The second-order valence-corrected chi connectivity index (χ2v) is 9.76. The Morgan fingerprint density at radius 2 is 1.48 bits per heavy atom. The van der Waals surface area contributed by atoms with Gasteiger partial charge in [0, 0.05) is 28.6 Å². The molecule has 40 heavy (non-hydrogen) atoms. The van der Waals surface area contributed by atoms with Crippen molar-refractivity contribution in [2.45, 2.75) is 56.5 Å². The van der Waals surface area contributed by atoms with Crippen LogP contribution in [0.15, 0.2) is 59.6 Å². The van der Waals surface area contributed by atoms with Crippen LogP contribution in [0.25, 0.3) is 0 Å². The summed E-state index contributed by atoms with van der Waals surface area (Å²) >= 11 is 1.56. The highest BCUT2D eigenvalue weighted by molar-refractivity contribution is 7.98. The molecular weight excluding hydrogens is 533 g/mol. The third-order valence-corrected chi connectivity index (χ3v) is 7.05. The SMILES string of the molecule is CC.COc1cc(OC)cc(C(=O)NC2CCC(NC(=O)c3cc(F)cnc3Oc3cccc(SC)c3)CC2)c1. The van der Waals surface area contributed by atoms with Gasteiger partial charge in [-0.1, -0.05) is 19.9 Å². The lowest BCUT2D eigenvalue weighted by Crippen LogP contribution is -2.43. The minimum absolute atomic E-state index is 0.0296. The molecule has 1 fully saturated rings. The van der Waals surface area contributed by atoms with Crippen LogP contribution >= 0.6 is 11.8 Å². The molecule has 1 heterocycles. The number of ether oxygens (including phenoxy) is 3. The number of pyridine rings is 1. The van der Waals surface area contributed by atoms with Gasteiger partial charge in [0.05, 0.1) is 20.4 Å². The number of thioether (sulfide) groups is 1. The summed E-state index contributed by atoms with van der Waals surface area (Å²) in [5, 5.41) is 6.02. The van der Waals surface area contributed by atoms with E-state index in [1.807, 2.05) is 38.3 Å². The summed E-state index contributed by atoms with van der Waals surface area (Å²) in [5.74, 6) is 0.325. The monoisotopic (exact) mass is 569 g/mol. The maximum absolute atomic E-state index is 14.0. The molecule has 1 aliphatic rings. The fourth-order valence-electron chi connectivity index (χ4n) is 4.30. The number of hydrogen-bond donors (Lipinski definition) is 2. The minimum Gasteiger partial charge on any atom is -0.497 e. The highest BCUT2D eigenvalue weighted by Gasteiger charge is 2.26. The van der Waals surface area contributed by atoms with E-state index in [0.717, 1.165) is 17.2 Å². The number of methoxy groups -OCH3 is 2. The highest BCUT2D eigenvalue weighted by Crippen LogP contribution is 2.28. The van der Waals surface area contributed by atoms with Crippen LogP contribution in [0.3, 0.4) is 0 Å². The highest BCUT2D eigenvalue weighted by atomic mass is 32.2. The molecule has 0 aliphatic heterocycles. The Hall–Kier alpha value is -3.79. The number of carbonyl (C=O) groups is 2. The van der Waals surface area contributed by atoms with Crippen LogP contribution < -0.4 is 24.8 Å². The number of aromatic nitrogens is 1. The summed E-state index contributed by atoms with van der Waals surface area (Å²) in [6.45, 7) is 4.00. The number of nitrogens with zero attached hydrogens (tertiary/aromatic N) is 1. The van der Waals surface area contributed by atoms with Crippen molar-refractivity contribution in [3.8, 4) is 23.1 Å². The average molecular weight is 570 g/mol. The van der Waals surface area contributed by atoms with Crippen molar-refractivity contribution in [2.24, 2.45) is 0 Å². The maximum Gasteiger partial charge on any atom is 0.257 e. The molecule has 1 aromatic heterocycles. The molecule has 0 spiro atoms. The molecule has 4 rings (SSSR count). The van der Waals surface area contributed by atoms with Gasteiger partial charge >= 0.3 is 0 Å². The molecule has 0 unspecified atom stereocenters. The second-order valence-electron chi connectivity index (χ2n) is 8.88. The predicted molar refractivity (Wildman–Crippen MR) is 154 cm³/mol. The van der Waals surface area contributed by atoms with E-state index in [-0.39, 0.29) is 29.4 Å². The predicted octanol–water partition coefficient (Wildman–Crippen LogP) is 6.25. The van der Waals surface area contributed by atoms with Crippen LogP contribution in [0.1, 0.15) is 60.2 Å². The van der Waals surface area contributed by atoms with Crippen LogP contribution in [-0.4, -0.2) is 49.4 Å². The van der Waals surface area contributed by atoms with Crippen LogP contribution in [0.2, 0.25) is 0 Å². The van der Waals surface area contributed by atoms with Gasteiger partial charge in [0.25, 0.3) is 11.8 Å².